The highest BCUT2D eigenvalue weighted by Gasteiger charge is 2.31. The Labute approximate surface area is 229 Å². The van der Waals surface area contributed by atoms with Gasteiger partial charge in [0.2, 0.25) is 0 Å². The van der Waals surface area contributed by atoms with Crippen molar-refractivity contribution in [3.63, 3.8) is 0 Å². The predicted molar refractivity (Wildman–Crippen MR) is 150 cm³/mol. The van der Waals surface area contributed by atoms with Crippen LogP contribution >= 0.6 is 0 Å². The monoisotopic (exact) mass is 533 g/mol. The van der Waals surface area contributed by atoms with Gasteiger partial charge in [0.05, 0.1) is 28.8 Å². The SMILES string of the molecule is CC(=O)c1c(C2CCN(C(=O)c3ncccc3N)CC2)nc2c(-c3ccc(-c4cccnc4)nc3)cnn2c1N. The number of nitrogens with two attached hydrogens (primary N) is 2. The van der Waals surface area contributed by atoms with Gasteiger partial charge in [-0.15, -0.1) is 0 Å². The third kappa shape index (κ3) is 4.41. The van der Waals surface area contributed by atoms with Gasteiger partial charge in [-0.2, -0.15) is 9.61 Å². The van der Waals surface area contributed by atoms with Gasteiger partial charge in [0.1, 0.15) is 5.82 Å². The van der Waals surface area contributed by atoms with Crippen LogP contribution in [0.4, 0.5) is 11.5 Å². The summed E-state index contributed by atoms with van der Waals surface area (Å²) in [5.74, 6) is -0.198. The van der Waals surface area contributed by atoms with Crippen molar-refractivity contribution in [2.75, 3.05) is 24.6 Å². The first-order valence-electron chi connectivity index (χ1n) is 13.0. The summed E-state index contributed by atoms with van der Waals surface area (Å²) in [6, 6.07) is 11.1. The Bertz CT molecular complexity index is 1720. The molecule has 0 radical (unpaired) electrons. The van der Waals surface area contributed by atoms with Gasteiger partial charge in [-0.25, -0.2) is 9.97 Å². The first-order chi connectivity index (χ1) is 19.4. The van der Waals surface area contributed by atoms with E-state index >= 15 is 0 Å². The molecule has 1 saturated heterocycles. The molecule has 40 heavy (non-hydrogen) atoms. The van der Waals surface area contributed by atoms with Crippen molar-refractivity contribution in [1.29, 1.82) is 0 Å². The quantitative estimate of drug-likeness (QED) is 0.322. The number of Topliss-reactive ketones (excluding diaryl/α,β-unsaturated/α-hetero) is 1. The second-order valence-corrected chi connectivity index (χ2v) is 9.79. The molecular formula is C29H27N9O2. The largest absolute Gasteiger partial charge is 0.397 e. The highest BCUT2D eigenvalue weighted by molar-refractivity contribution is 6.00. The maximum atomic E-state index is 13.0. The molecule has 0 atom stereocenters. The molecule has 4 N–H and O–H groups in total. The number of carbonyl (C=O) groups is 2. The summed E-state index contributed by atoms with van der Waals surface area (Å²) in [5, 5.41) is 4.45. The topological polar surface area (TPSA) is 158 Å². The van der Waals surface area contributed by atoms with Gasteiger partial charge in [0, 0.05) is 60.5 Å². The summed E-state index contributed by atoms with van der Waals surface area (Å²) >= 11 is 0. The van der Waals surface area contributed by atoms with Gasteiger partial charge in [-0.05, 0) is 50.1 Å². The molecular weight excluding hydrogens is 506 g/mol. The minimum absolute atomic E-state index is 0.0647. The van der Waals surface area contributed by atoms with E-state index in [1.165, 1.54) is 11.4 Å². The van der Waals surface area contributed by atoms with Crippen molar-refractivity contribution in [1.82, 2.24) is 34.4 Å². The molecule has 1 amide bonds. The number of pyridine rings is 3. The van der Waals surface area contributed by atoms with Crippen LogP contribution in [0.3, 0.4) is 0 Å². The van der Waals surface area contributed by atoms with Crippen molar-refractivity contribution in [3.05, 3.63) is 84.3 Å². The summed E-state index contributed by atoms with van der Waals surface area (Å²) in [7, 11) is 0. The standard InChI is InChI=1S/C29H27N9O2/c1-17(39)24-25(18-8-12-37(13-9-18)29(40)26-22(30)5-3-11-33-26)36-28-21(16-35-38(28)27(24)31)19-6-7-23(34-15-19)20-4-2-10-32-14-20/h2-7,10-11,14-16,18H,8-9,12-13,30-31H2,1H3. The summed E-state index contributed by atoms with van der Waals surface area (Å²) in [6.45, 7) is 2.45. The van der Waals surface area contributed by atoms with Gasteiger partial charge < -0.3 is 16.4 Å². The van der Waals surface area contributed by atoms with E-state index in [4.69, 9.17) is 16.5 Å². The smallest absolute Gasteiger partial charge is 0.274 e. The van der Waals surface area contributed by atoms with Crippen molar-refractivity contribution in [2.24, 2.45) is 0 Å². The molecule has 1 aliphatic rings. The number of carbonyl (C=O) groups excluding carboxylic acids is 2. The van der Waals surface area contributed by atoms with Gasteiger partial charge in [-0.3, -0.25) is 19.6 Å². The van der Waals surface area contributed by atoms with E-state index in [1.54, 1.807) is 48.0 Å². The molecule has 6 rings (SSSR count). The van der Waals surface area contributed by atoms with E-state index in [2.05, 4.69) is 20.1 Å². The third-order valence-corrected chi connectivity index (χ3v) is 7.30. The molecule has 200 valence electrons. The summed E-state index contributed by atoms with van der Waals surface area (Å²) in [5.41, 5.74) is 17.9. The number of ketones is 1. The number of anilines is 2. The van der Waals surface area contributed by atoms with Crippen LogP contribution in [0.1, 0.15) is 52.2 Å². The molecule has 0 unspecified atom stereocenters. The second-order valence-electron chi connectivity index (χ2n) is 9.79. The number of amides is 1. The summed E-state index contributed by atoms with van der Waals surface area (Å²) < 4.78 is 1.51. The predicted octanol–water partition coefficient (Wildman–Crippen LogP) is 3.64. The average Bonchev–Trinajstić information content (AvgIpc) is 3.42. The van der Waals surface area contributed by atoms with Crippen LogP contribution in [-0.4, -0.2) is 59.2 Å². The highest BCUT2D eigenvalue weighted by atomic mass is 16.2. The number of nitrogen functional groups attached to an aromatic ring is 2. The zero-order chi connectivity index (χ0) is 27.8. The van der Waals surface area contributed by atoms with E-state index in [-0.39, 0.29) is 29.1 Å². The van der Waals surface area contributed by atoms with Crippen molar-refractivity contribution < 1.29 is 9.59 Å². The Kier molecular flexibility index (Phi) is 6.39. The first-order valence-corrected chi connectivity index (χ1v) is 13.0. The number of piperidine rings is 1. The molecule has 1 fully saturated rings. The van der Waals surface area contributed by atoms with Crippen LogP contribution < -0.4 is 11.5 Å². The fraction of sp³-hybridized carbons (Fsp3) is 0.207. The molecule has 5 aromatic rings. The average molecular weight is 534 g/mol. The fourth-order valence-electron chi connectivity index (χ4n) is 5.23. The van der Waals surface area contributed by atoms with Crippen LogP contribution in [-0.2, 0) is 0 Å². The van der Waals surface area contributed by atoms with Gasteiger partial charge >= 0.3 is 0 Å². The fourth-order valence-corrected chi connectivity index (χ4v) is 5.23. The molecule has 11 nitrogen and oxygen atoms in total. The highest BCUT2D eigenvalue weighted by Crippen LogP contribution is 2.35. The lowest BCUT2D eigenvalue weighted by molar-refractivity contribution is 0.0706. The van der Waals surface area contributed by atoms with Crippen LogP contribution in [0.15, 0.2) is 67.4 Å². The number of aromatic nitrogens is 6. The molecule has 0 spiro atoms. The summed E-state index contributed by atoms with van der Waals surface area (Å²) in [6.07, 6.45) is 9.73. The molecule has 0 bridgehead atoms. The number of rotatable bonds is 5. The Morgan fingerprint density at radius 1 is 0.925 bits per heavy atom. The Balaban J connectivity index is 1.32. The maximum Gasteiger partial charge on any atom is 0.274 e. The lowest BCUT2D eigenvalue weighted by atomic mass is 9.89. The lowest BCUT2D eigenvalue weighted by Gasteiger charge is -2.32. The van der Waals surface area contributed by atoms with Gasteiger partial charge in [0.15, 0.2) is 17.1 Å². The number of hydrogen-bond donors (Lipinski definition) is 2. The summed E-state index contributed by atoms with van der Waals surface area (Å²) in [4.78, 5) is 45.4. The molecule has 0 aliphatic carbocycles. The zero-order valence-corrected chi connectivity index (χ0v) is 21.9. The van der Waals surface area contributed by atoms with Gasteiger partial charge in [0.25, 0.3) is 5.91 Å². The lowest BCUT2D eigenvalue weighted by Crippen LogP contribution is -2.39. The Morgan fingerprint density at radius 3 is 2.40 bits per heavy atom. The Hall–Kier alpha value is -5.19. The van der Waals surface area contributed by atoms with Crippen LogP contribution in [0.2, 0.25) is 0 Å². The van der Waals surface area contributed by atoms with Crippen LogP contribution in [0.25, 0.3) is 28.0 Å². The molecule has 0 aromatic carbocycles. The van der Waals surface area contributed by atoms with E-state index in [9.17, 15) is 9.59 Å². The number of fused-ring (bicyclic) bond motifs is 1. The van der Waals surface area contributed by atoms with E-state index in [1.807, 2.05) is 24.3 Å². The number of nitrogens with zero attached hydrogens (tertiary/aromatic N) is 7. The molecule has 6 heterocycles. The first kappa shape index (κ1) is 25.1. The maximum absolute atomic E-state index is 13.0. The third-order valence-electron chi connectivity index (χ3n) is 7.30. The van der Waals surface area contributed by atoms with Crippen molar-refractivity contribution in [2.45, 2.75) is 25.7 Å². The molecule has 5 aromatic heterocycles. The number of likely N-dealkylation sites (tertiary alicyclic amines) is 1. The molecule has 1 aliphatic heterocycles. The van der Waals surface area contributed by atoms with E-state index in [0.29, 0.717) is 48.5 Å². The van der Waals surface area contributed by atoms with E-state index < -0.39 is 0 Å². The second kappa shape index (κ2) is 10.2. The molecule has 11 heteroatoms. The van der Waals surface area contributed by atoms with Crippen LogP contribution in [0.5, 0.6) is 0 Å². The van der Waals surface area contributed by atoms with Crippen LogP contribution in [0, 0.1) is 0 Å². The number of hydrogen-bond acceptors (Lipinski definition) is 9. The minimum Gasteiger partial charge on any atom is -0.397 e. The molecule has 0 saturated carbocycles. The minimum atomic E-state index is -0.202. The van der Waals surface area contributed by atoms with Crippen molar-refractivity contribution in [3.8, 4) is 22.4 Å². The zero-order valence-electron chi connectivity index (χ0n) is 21.9. The normalized spacial score (nSPS) is 14.0. The Morgan fingerprint density at radius 2 is 1.73 bits per heavy atom. The van der Waals surface area contributed by atoms with Gasteiger partial charge in [-0.1, -0.05) is 6.07 Å². The van der Waals surface area contributed by atoms with E-state index in [0.717, 1.165) is 22.4 Å². The van der Waals surface area contributed by atoms with Crippen molar-refractivity contribution >= 4 is 28.8 Å².